The summed E-state index contributed by atoms with van der Waals surface area (Å²) >= 11 is 1.52. The van der Waals surface area contributed by atoms with Crippen molar-refractivity contribution >= 4 is 16.7 Å². The minimum atomic E-state index is 0.657. The number of nitrogens with zero attached hydrogens (tertiary/aromatic N) is 2. The number of hydrogen-bond acceptors (Lipinski definition) is 4. The minimum absolute atomic E-state index is 0.657. The molecule has 76 valence electrons. The van der Waals surface area contributed by atoms with Gasteiger partial charge in [0.2, 0.25) is 5.13 Å². The summed E-state index contributed by atoms with van der Waals surface area (Å²) in [4.78, 5) is 4.52. The van der Waals surface area contributed by atoms with E-state index >= 15 is 0 Å². The molecule has 0 radical (unpaired) electrons. The van der Waals surface area contributed by atoms with Gasteiger partial charge < -0.3 is 5.32 Å². The normalized spacial score (nSPS) is 31.2. The van der Waals surface area contributed by atoms with Crippen LogP contribution in [0.1, 0.15) is 44.3 Å². The van der Waals surface area contributed by atoms with Gasteiger partial charge in [0.25, 0.3) is 0 Å². The van der Waals surface area contributed by atoms with Crippen molar-refractivity contribution in [3.05, 3.63) is 5.82 Å². The molecule has 1 N–H and O–H groups in total. The Morgan fingerprint density at radius 2 is 2.14 bits per heavy atom. The summed E-state index contributed by atoms with van der Waals surface area (Å²) < 4.78 is 4.38. The van der Waals surface area contributed by atoms with E-state index in [0.29, 0.717) is 12.0 Å². The SMILES string of the molecule is CC1CC(Nc2nc(C3CC3)ns2)C1. The van der Waals surface area contributed by atoms with Gasteiger partial charge in [-0.05, 0) is 31.6 Å². The van der Waals surface area contributed by atoms with Gasteiger partial charge in [0, 0.05) is 23.5 Å². The van der Waals surface area contributed by atoms with Crippen molar-refractivity contribution in [1.82, 2.24) is 9.36 Å². The smallest absolute Gasteiger partial charge is 0.202 e. The fourth-order valence-corrected chi connectivity index (χ4v) is 2.72. The first-order valence-corrected chi connectivity index (χ1v) is 6.19. The second kappa shape index (κ2) is 3.19. The van der Waals surface area contributed by atoms with Gasteiger partial charge in [-0.3, -0.25) is 0 Å². The molecule has 4 heteroatoms. The zero-order chi connectivity index (χ0) is 9.54. The second-order valence-electron chi connectivity index (χ2n) is 4.65. The number of anilines is 1. The lowest BCUT2D eigenvalue weighted by Crippen LogP contribution is -2.33. The molecule has 2 aliphatic carbocycles. The van der Waals surface area contributed by atoms with Crippen LogP contribution in [0, 0.1) is 5.92 Å². The first-order valence-electron chi connectivity index (χ1n) is 5.41. The van der Waals surface area contributed by atoms with Gasteiger partial charge in [0.1, 0.15) is 5.82 Å². The van der Waals surface area contributed by atoms with Crippen LogP contribution >= 0.6 is 11.5 Å². The second-order valence-corrected chi connectivity index (χ2v) is 5.40. The number of hydrogen-bond donors (Lipinski definition) is 1. The molecule has 2 saturated carbocycles. The van der Waals surface area contributed by atoms with Crippen LogP contribution in [0.5, 0.6) is 0 Å². The first-order chi connectivity index (χ1) is 6.81. The van der Waals surface area contributed by atoms with Crippen LogP contribution in [0.2, 0.25) is 0 Å². The molecule has 0 atom stereocenters. The van der Waals surface area contributed by atoms with Crippen molar-refractivity contribution in [2.75, 3.05) is 5.32 Å². The highest BCUT2D eigenvalue weighted by atomic mass is 32.1. The van der Waals surface area contributed by atoms with E-state index in [2.05, 4.69) is 21.6 Å². The average molecular weight is 209 g/mol. The fourth-order valence-electron chi connectivity index (χ4n) is 2.00. The highest BCUT2D eigenvalue weighted by molar-refractivity contribution is 7.09. The Morgan fingerprint density at radius 3 is 2.79 bits per heavy atom. The van der Waals surface area contributed by atoms with Crippen molar-refractivity contribution < 1.29 is 0 Å². The summed E-state index contributed by atoms with van der Waals surface area (Å²) in [6.45, 7) is 2.30. The van der Waals surface area contributed by atoms with E-state index in [0.717, 1.165) is 16.9 Å². The van der Waals surface area contributed by atoms with Crippen LogP contribution in [-0.2, 0) is 0 Å². The maximum Gasteiger partial charge on any atom is 0.202 e. The molecule has 0 unspecified atom stereocenters. The van der Waals surface area contributed by atoms with Crippen molar-refractivity contribution in [2.24, 2.45) is 5.92 Å². The lowest BCUT2D eigenvalue weighted by Gasteiger charge is -2.32. The van der Waals surface area contributed by atoms with E-state index in [9.17, 15) is 0 Å². The monoisotopic (exact) mass is 209 g/mol. The standard InChI is InChI=1S/C10H15N3S/c1-6-4-8(5-6)11-10-12-9(13-14-10)7-2-3-7/h6-8H,2-5H2,1H3,(H,11,12,13). The summed E-state index contributed by atoms with van der Waals surface area (Å²) in [5.74, 6) is 2.65. The third kappa shape index (κ3) is 1.63. The van der Waals surface area contributed by atoms with Gasteiger partial charge >= 0.3 is 0 Å². The van der Waals surface area contributed by atoms with Crippen LogP contribution in [0.4, 0.5) is 5.13 Å². The fraction of sp³-hybridized carbons (Fsp3) is 0.800. The number of rotatable bonds is 3. The molecule has 3 nitrogen and oxygen atoms in total. The Labute approximate surface area is 88.1 Å². The van der Waals surface area contributed by atoms with Gasteiger partial charge in [-0.25, -0.2) is 4.98 Å². The summed E-state index contributed by atoms with van der Waals surface area (Å²) in [5.41, 5.74) is 0. The third-order valence-electron chi connectivity index (χ3n) is 3.09. The molecule has 3 rings (SSSR count). The molecule has 0 amide bonds. The molecule has 0 saturated heterocycles. The zero-order valence-corrected chi connectivity index (χ0v) is 9.18. The van der Waals surface area contributed by atoms with Crippen molar-refractivity contribution in [3.63, 3.8) is 0 Å². The van der Waals surface area contributed by atoms with Gasteiger partial charge in [0.15, 0.2) is 0 Å². The van der Waals surface area contributed by atoms with Crippen molar-refractivity contribution in [1.29, 1.82) is 0 Å². The van der Waals surface area contributed by atoms with E-state index in [-0.39, 0.29) is 0 Å². The molecule has 1 aromatic rings. The molecule has 2 fully saturated rings. The first kappa shape index (κ1) is 8.65. The van der Waals surface area contributed by atoms with Crippen molar-refractivity contribution in [2.45, 2.75) is 44.6 Å². The quantitative estimate of drug-likeness (QED) is 0.831. The molecule has 0 bridgehead atoms. The average Bonchev–Trinajstić information content (AvgIpc) is 2.86. The van der Waals surface area contributed by atoms with Crippen LogP contribution in [0.3, 0.4) is 0 Å². The largest absolute Gasteiger partial charge is 0.358 e. The molecule has 0 aromatic carbocycles. The Balaban J connectivity index is 1.60. The summed E-state index contributed by atoms with van der Waals surface area (Å²) in [7, 11) is 0. The Bertz CT molecular complexity index is 326. The predicted molar refractivity (Wildman–Crippen MR) is 57.7 cm³/mol. The van der Waals surface area contributed by atoms with Crippen LogP contribution in [-0.4, -0.2) is 15.4 Å². The van der Waals surface area contributed by atoms with Crippen molar-refractivity contribution in [3.8, 4) is 0 Å². The van der Waals surface area contributed by atoms with E-state index in [1.54, 1.807) is 0 Å². The topological polar surface area (TPSA) is 37.8 Å². The molecule has 2 aliphatic rings. The Morgan fingerprint density at radius 1 is 1.36 bits per heavy atom. The predicted octanol–water partition coefficient (Wildman–Crippen LogP) is 2.63. The minimum Gasteiger partial charge on any atom is -0.358 e. The third-order valence-corrected chi connectivity index (χ3v) is 3.75. The number of nitrogens with one attached hydrogen (secondary N) is 1. The lowest BCUT2D eigenvalue weighted by molar-refractivity contribution is 0.309. The van der Waals surface area contributed by atoms with Gasteiger partial charge in [-0.2, -0.15) is 4.37 Å². The van der Waals surface area contributed by atoms with E-state index < -0.39 is 0 Å². The summed E-state index contributed by atoms with van der Waals surface area (Å²) in [5, 5.41) is 4.49. The van der Waals surface area contributed by atoms with E-state index in [1.165, 1.54) is 37.2 Å². The maximum atomic E-state index is 4.52. The van der Waals surface area contributed by atoms with Gasteiger partial charge in [-0.1, -0.05) is 6.92 Å². The summed E-state index contributed by atoms with van der Waals surface area (Å²) in [6.07, 6.45) is 5.16. The maximum absolute atomic E-state index is 4.52. The Hall–Kier alpha value is -0.640. The molecule has 14 heavy (non-hydrogen) atoms. The van der Waals surface area contributed by atoms with Crippen LogP contribution in [0.15, 0.2) is 0 Å². The molecule has 1 heterocycles. The summed E-state index contributed by atoms with van der Waals surface area (Å²) in [6, 6.07) is 0.657. The van der Waals surface area contributed by atoms with E-state index in [1.807, 2.05) is 0 Å². The molecule has 0 aliphatic heterocycles. The van der Waals surface area contributed by atoms with Crippen LogP contribution < -0.4 is 5.32 Å². The molecular weight excluding hydrogens is 194 g/mol. The number of aromatic nitrogens is 2. The Kier molecular flexibility index (Phi) is 1.97. The molecule has 1 aromatic heterocycles. The van der Waals surface area contributed by atoms with Gasteiger partial charge in [-0.15, -0.1) is 0 Å². The highest BCUT2D eigenvalue weighted by Crippen LogP contribution is 2.39. The van der Waals surface area contributed by atoms with Crippen LogP contribution in [0.25, 0.3) is 0 Å². The van der Waals surface area contributed by atoms with Gasteiger partial charge in [0.05, 0.1) is 0 Å². The molecule has 0 spiro atoms. The highest BCUT2D eigenvalue weighted by Gasteiger charge is 2.29. The molecular formula is C10H15N3S. The lowest BCUT2D eigenvalue weighted by atomic mass is 9.82. The zero-order valence-electron chi connectivity index (χ0n) is 8.36. The van der Waals surface area contributed by atoms with E-state index in [4.69, 9.17) is 0 Å².